The first-order chi connectivity index (χ1) is 13.5. The highest BCUT2D eigenvalue weighted by atomic mass is 16.2. The van der Waals surface area contributed by atoms with Crippen LogP contribution in [0.3, 0.4) is 0 Å². The number of rotatable bonds is 6. The Morgan fingerprint density at radius 1 is 1.00 bits per heavy atom. The highest BCUT2D eigenvalue weighted by Crippen LogP contribution is 2.24. The van der Waals surface area contributed by atoms with Crippen LogP contribution < -0.4 is 15.5 Å². The van der Waals surface area contributed by atoms with E-state index in [1.165, 1.54) is 22.4 Å². The van der Waals surface area contributed by atoms with Crippen molar-refractivity contribution in [2.45, 2.75) is 45.7 Å². The summed E-state index contributed by atoms with van der Waals surface area (Å²) in [5, 5.41) is 5.26. The maximum atomic E-state index is 11.7. The van der Waals surface area contributed by atoms with Gasteiger partial charge in [-0.2, -0.15) is 0 Å². The molecule has 3 rings (SSSR count). The molecule has 0 aromatic heterocycles. The molecule has 28 heavy (non-hydrogen) atoms. The zero-order valence-electron chi connectivity index (χ0n) is 16.7. The number of carbonyl (C=O) groups is 2. The molecule has 1 aliphatic rings. The quantitative estimate of drug-likeness (QED) is 0.599. The predicted octanol–water partition coefficient (Wildman–Crippen LogP) is 2.82. The lowest BCUT2D eigenvalue weighted by atomic mass is 9.99. The van der Waals surface area contributed by atoms with Gasteiger partial charge in [-0.15, -0.1) is 0 Å². The fourth-order valence-electron chi connectivity index (χ4n) is 3.49. The molecule has 0 atom stereocenters. The molecule has 2 amide bonds. The number of hydrogen-bond acceptors (Lipinski definition) is 3. The number of aryl methyl sites for hydroxylation is 1. The standard InChI is InChI=1S/C23H29N3O2/c1-17(2)25-23(28)22(27)24-14-5-6-18-9-11-21(12-10-18)26-15-13-19-7-3-4-8-20(19)16-26/h3-4,7-12,17H,5-6,13-16H2,1-2H3,(H,24,27)(H,25,28). The number of carbonyl (C=O) groups excluding carboxylic acids is 2. The number of amides is 2. The first-order valence-corrected chi connectivity index (χ1v) is 10.0. The van der Waals surface area contributed by atoms with Crippen LogP contribution in [0, 0.1) is 0 Å². The van der Waals surface area contributed by atoms with Gasteiger partial charge in [0.1, 0.15) is 0 Å². The van der Waals surface area contributed by atoms with E-state index in [2.05, 4.69) is 64.1 Å². The SMILES string of the molecule is CC(C)NC(=O)C(=O)NCCCc1ccc(N2CCc3ccccc3C2)cc1. The van der Waals surface area contributed by atoms with Crippen molar-refractivity contribution >= 4 is 17.5 Å². The fraction of sp³-hybridized carbons (Fsp3) is 0.391. The largest absolute Gasteiger partial charge is 0.367 e. The Labute approximate surface area is 167 Å². The van der Waals surface area contributed by atoms with E-state index in [-0.39, 0.29) is 6.04 Å². The van der Waals surface area contributed by atoms with Gasteiger partial charge in [-0.05, 0) is 61.9 Å². The Morgan fingerprint density at radius 3 is 2.43 bits per heavy atom. The molecule has 5 nitrogen and oxygen atoms in total. The van der Waals surface area contributed by atoms with E-state index in [4.69, 9.17) is 0 Å². The van der Waals surface area contributed by atoms with Gasteiger partial charge in [0.15, 0.2) is 0 Å². The number of benzene rings is 2. The second-order valence-electron chi connectivity index (χ2n) is 7.59. The predicted molar refractivity (Wildman–Crippen MR) is 112 cm³/mol. The van der Waals surface area contributed by atoms with Gasteiger partial charge in [0.2, 0.25) is 0 Å². The molecule has 0 fully saturated rings. The number of anilines is 1. The van der Waals surface area contributed by atoms with Gasteiger partial charge in [0, 0.05) is 31.4 Å². The third-order valence-corrected chi connectivity index (χ3v) is 4.99. The van der Waals surface area contributed by atoms with Gasteiger partial charge >= 0.3 is 11.8 Å². The molecule has 1 heterocycles. The second kappa shape index (κ2) is 9.40. The summed E-state index contributed by atoms with van der Waals surface area (Å²) in [7, 11) is 0. The van der Waals surface area contributed by atoms with E-state index >= 15 is 0 Å². The highest BCUT2D eigenvalue weighted by Gasteiger charge is 2.16. The van der Waals surface area contributed by atoms with Gasteiger partial charge in [0.05, 0.1) is 0 Å². The average Bonchev–Trinajstić information content (AvgIpc) is 2.70. The van der Waals surface area contributed by atoms with Gasteiger partial charge in [-0.1, -0.05) is 36.4 Å². The molecule has 0 spiro atoms. The molecule has 0 saturated carbocycles. The first-order valence-electron chi connectivity index (χ1n) is 10.0. The molecular weight excluding hydrogens is 350 g/mol. The molecule has 2 aromatic carbocycles. The van der Waals surface area contributed by atoms with Gasteiger partial charge < -0.3 is 15.5 Å². The molecule has 148 valence electrons. The second-order valence-corrected chi connectivity index (χ2v) is 7.59. The monoisotopic (exact) mass is 379 g/mol. The molecule has 0 aliphatic carbocycles. The van der Waals surface area contributed by atoms with Crippen molar-refractivity contribution in [2.24, 2.45) is 0 Å². The van der Waals surface area contributed by atoms with Crippen LogP contribution in [-0.4, -0.2) is 30.9 Å². The van der Waals surface area contributed by atoms with Crippen molar-refractivity contribution < 1.29 is 9.59 Å². The van der Waals surface area contributed by atoms with Crippen LogP contribution in [0.2, 0.25) is 0 Å². The molecule has 1 aliphatic heterocycles. The molecule has 0 bridgehead atoms. The normalized spacial score (nSPS) is 13.2. The number of hydrogen-bond donors (Lipinski definition) is 2. The minimum absolute atomic E-state index is 0.0369. The summed E-state index contributed by atoms with van der Waals surface area (Å²) in [6.07, 6.45) is 2.76. The maximum Gasteiger partial charge on any atom is 0.309 e. The summed E-state index contributed by atoms with van der Waals surface area (Å²) in [4.78, 5) is 25.6. The Bertz CT molecular complexity index is 815. The van der Waals surface area contributed by atoms with E-state index in [0.29, 0.717) is 6.54 Å². The molecule has 2 aromatic rings. The lowest BCUT2D eigenvalue weighted by Crippen LogP contribution is -2.43. The number of fused-ring (bicyclic) bond motifs is 1. The van der Waals surface area contributed by atoms with E-state index in [1.54, 1.807) is 0 Å². The zero-order chi connectivity index (χ0) is 19.9. The highest BCUT2D eigenvalue weighted by molar-refractivity contribution is 6.35. The molecular formula is C23H29N3O2. The van der Waals surface area contributed by atoms with Gasteiger partial charge in [-0.3, -0.25) is 9.59 Å². The third-order valence-electron chi connectivity index (χ3n) is 4.99. The van der Waals surface area contributed by atoms with Crippen molar-refractivity contribution in [2.75, 3.05) is 18.0 Å². The zero-order valence-corrected chi connectivity index (χ0v) is 16.7. The van der Waals surface area contributed by atoms with Crippen molar-refractivity contribution in [1.82, 2.24) is 10.6 Å². The first kappa shape index (κ1) is 19.9. The summed E-state index contributed by atoms with van der Waals surface area (Å²) in [5.74, 6) is -1.13. The maximum absolute atomic E-state index is 11.7. The molecule has 0 unspecified atom stereocenters. The van der Waals surface area contributed by atoms with Crippen molar-refractivity contribution in [3.8, 4) is 0 Å². The number of nitrogens with zero attached hydrogens (tertiary/aromatic N) is 1. The van der Waals surface area contributed by atoms with Gasteiger partial charge in [0.25, 0.3) is 0 Å². The van der Waals surface area contributed by atoms with Gasteiger partial charge in [-0.25, -0.2) is 0 Å². The average molecular weight is 380 g/mol. The summed E-state index contributed by atoms with van der Waals surface area (Å²) >= 11 is 0. The van der Waals surface area contributed by atoms with Crippen LogP contribution in [0.4, 0.5) is 5.69 Å². The Balaban J connectivity index is 1.44. The number of nitrogens with one attached hydrogen (secondary N) is 2. The lowest BCUT2D eigenvalue weighted by molar-refractivity contribution is -0.139. The van der Waals surface area contributed by atoms with Crippen molar-refractivity contribution in [3.63, 3.8) is 0 Å². The Morgan fingerprint density at radius 2 is 1.71 bits per heavy atom. The summed E-state index contributed by atoms with van der Waals surface area (Å²) in [6, 6.07) is 17.3. The van der Waals surface area contributed by atoms with E-state index in [9.17, 15) is 9.59 Å². The van der Waals surface area contributed by atoms with Crippen LogP contribution in [-0.2, 0) is 29.0 Å². The lowest BCUT2D eigenvalue weighted by Gasteiger charge is -2.30. The van der Waals surface area contributed by atoms with Crippen LogP contribution in [0.25, 0.3) is 0 Å². The van der Waals surface area contributed by atoms with E-state index < -0.39 is 11.8 Å². The molecule has 2 N–H and O–H groups in total. The summed E-state index contributed by atoms with van der Waals surface area (Å²) < 4.78 is 0. The van der Waals surface area contributed by atoms with Crippen LogP contribution in [0.1, 0.15) is 37.0 Å². The van der Waals surface area contributed by atoms with Crippen LogP contribution >= 0.6 is 0 Å². The minimum atomic E-state index is -0.567. The Kier molecular flexibility index (Phi) is 6.69. The summed E-state index contributed by atoms with van der Waals surface area (Å²) in [5.41, 5.74) is 5.36. The van der Waals surface area contributed by atoms with E-state index in [1.807, 2.05) is 13.8 Å². The molecule has 5 heteroatoms. The van der Waals surface area contributed by atoms with E-state index in [0.717, 1.165) is 32.4 Å². The molecule has 0 radical (unpaired) electrons. The fourth-order valence-corrected chi connectivity index (χ4v) is 3.49. The topological polar surface area (TPSA) is 61.4 Å². The van der Waals surface area contributed by atoms with Crippen molar-refractivity contribution in [3.05, 3.63) is 65.2 Å². The summed E-state index contributed by atoms with van der Waals surface area (Å²) in [6.45, 7) is 6.16. The van der Waals surface area contributed by atoms with Crippen LogP contribution in [0.15, 0.2) is 48.5 Å². The smallest absolute Gasteiger partial charge is 0.309 e. The third kappa shape index (κ3) is 5.35. The van der Waals surface area contributed by atoms with Crippen molar-refractivity contribution in [1.29, 1.82) is 0 Å². The Hall–Kier alpha value is -2.82. The molecule has 0 saturated heterocycles. The van der Waals surface area contributed by atoms with Crippen LogP contribution in [0.5, 0.6) is 0 Å². The minimum Gasteiger partial charge on any atom is -0.367 e.